The van der Waals surface area contributed by atoms with Crippen LogP contribution in [-0.4, -0.2) is 38.5 Å². The molecule has 3 aromatic rings. The van der Waals surface area contributed by atoms with Gasteiger partial charge >= 0.3 is 0 Å². The lowest BCUT2D eigenvalue weighted by Gasteiger charge is -2.14. The van der Waals surface area contributed by atoms with Crippen LogP contribution in [0.1, 0.15) is 0 Å². The largest absolute Gasteiger partial charge is 0.482 e. The van der Waals surface area contributed by atoms with Gasteiger partial charge in [0.25, 0.3) is 22.3 Å². The van der Waals surface area contributed by atoms with E-state index in [2.05, 4.69) is 9.97 Å². The zero-order valence-electron chi connectivity index (χ0n) is 14.7. The highest BCUT2D eigenvalue weighted by molar-refractivity contribution is 7.93. The van der Waals surface area contributed by atoms with E-state index in [-0.39, 0.29) is 10.8 Å². The Morgan fingerprint density at radius 3 is 2.69 bits per heavy atom. The topological polar surface area (TPSA) is 90.4 Å². The van der Waals surface area contributed by atoms with E-state index in [0.29, 0.717) is 21.9 Å². The maximum absolute atomic E-state index is 14.4. The van der Waals surface area contributed by atoms with Crippen molar-refractivity contribution < 1.29 is 31.1 Å². The van der Waals surface area contributed by atoms with Gasteiger partial charge in [0.2, 0.25) is 0 Å². The van der Waals surface area contributed by atoms with Crippen LogP contribution in [0.2, 0.25) is 5.02 Å². The maximum atomic E-state index is 14.4. The number of hydrogen-bond donors (Lipinski definition) is 1. The van der Waals surface area contributed by atoms with Crippen molar-refractivity contribution in [3.63, 3.8) is 0 Å². The first kappa shape index (κ1) is 20.9. The standard InChI is InChI=1S/C17H13ClF3N3O4S/c1-27-17-13(28-8-15(20)21)5-12(19)16(23-17)24-29(25,26)14-7-22-6-9-4-10(18)2-3-11(9)14/h2-7,15H,8H2,1H3,(H,23,24). The van der Waals surface area contributed by atoms with Crippen LogP contribution in [-0.2, 0) is 10.0 Å². The molecule has 0 spiro atoms. The summed E-state index contributed by atoms with van der Waals surface area (Å²) < 4.78 is 76.2. The lowest BCUT2D eigenvalue weighted by Crippen LogP contribution is -2.16. The van der Waals surface area contributed by atoms with Crippen molar-refractivity contribution in [2.24, 2.45) is 0 Å². The number of alkyl halides is 2. The monoisotopic (exact) mass is 447 g/mol. The molecule has 1 N–H and O–H groups in total. The number of methoxy groups -OCH3 is 1. The zero-order chi connectivity index (χ0) is 21.2. The molecule has 0 unspecified atom stereocenters. The van der Waals surface area contributed by atoms with Gasteiger partial charge in [0.1, 0.15) is 11.5 Å². The zero-order valence-corrected chi connectivity index (χ0v) is 16.3. The van der Waals surface area contributed by atoms with Gasteiger partial charge in [0.15, 0.2) is 17.4 Å². The number of anilines is 1. The minimum Gasteiger partial charge on any atom is -0.482 e. The second-order valence-electron chi connectivity index (χ2n) is 5.64. The first-order valence-corrected chi connectivity index (χ1v) is 9.79. The van der Waals surface area contributed by atoms with Crippen LogP contribution in [0.4, 0.5) is 19.0 Å². The van der Waals surface area contributed by atoms with Crippen molar-refractivity contribution in [3.8, 4) is 11.6 Å². The van der Waals surface area contributed by atoms with E-state index in [1.165, 1.54) is 24.4 Å². The van der Waals surface area contributed by atoms with Gasteiger partial charge in [-0.1, -0.05) is 17.7 Å². The molecule has 0 saturated carbocycles. The highest BCUT2D eigenvalue weighted by Gasteiger charge is 2.23. The Bertz CT molecular complexity index is 1160. The molecule has 0 fully saturated rings. The number of sulfonamides is 1. The molecule has 0 aliphatic heterocycles. The maximum Gasteiger partial charge on any atom is 0.272 e. The second-order valence-corrected chi connectivity index (χ2v) is 7.72. The number of ether oxygens (including phenoxy) is 2. The highest BCUT2D eigenvalue weighted by Crippen LogP contribution is 2.31. The number of fused-ring (bicyclic) bond motifs is 1. The van der Waals surface area contributed by atoms with Gasteiger partial charge in [0, 0.05) is 34.3 Å². The molecular weight excluding hydrogens is 435 g/mol. The molecule has 0 aliphatic rings. The third kappa shape index (κ3) is 4.62. The van der Waals surface area contributed by atoms with Crippen LogP contribution in [0.3, 0.4) is 0 Å². The molecule has 0 amide bonds. The highest BCUT2D eigenvalue weighted by atomic mass is 35.5. The molecule has 0 radical (unpaired) electrons. The van der Waals surface area contributed by atoms with Crippen LogP contribution in [0.25, 0.3) is 10.8 Å². The van der Waals surface area contributed by atoms with E-state index in [0.717, 1.165) is 13.3 Å². The number of rotatable bonds is 7. The molecule has 2 heterocycles. The molecule has 2 aromatic heterocycles. The predicted octanol–water partition coefficient (Wildman–Crippen LogP) is 3.88. The molecule has 1 aromatic carbocycles. The van der Waals surface area contributed by atoms with Gasteiger partial charge < -0.3 is 9.47 Å². The van der Waals surface area contributed by atoms with E-state index in [4.69, 9.17) is 21.1 Å². The molecule has 0 saturated heterocycles. The minimum absolute atomic E-state index is 0.232. The van der Waals surface area contributed by atoms with Gasteiger partial charge in [-0.25, -0.2) is 21.6 Å². The summed E-state index contributed by atoms with van der Waals surface area (Å²) in [4.78, 5) is 7.31. The van der Waals surface area contributed by atoms with Crippen molar-refractivity contribution in [1.82, 2.24) is 9.97 Å². The summed E-state index contributed by atoms with van der Waals surface area (Å²) in [6, 6.07) is 5.21. The summed E-state index contributed by atoms with van der Waals surface area (Å²) in [5.74, 6) is -2.60. The summed E-state index contributed by atoms with van der Waals surface area (Å²) in [5, 5.41) is 1.15. The Morgan fingerprint density at radius 1 is 1.24 bits per heavy atom. The van der Waals surface area contributed by atoms with Crippen LogP contribution in [0, 0.1) is 5.82 Å². The summed E-state index contributed by atoms with van der Waals surface area (Å²) in [5.41, 5.74) is 0. The number of halogens is 4. The molecule has 0 bridgehead atoms. The van der Waals surface area contributed by atoms with Gasteiger partial charge in [-0.2, -0.15) is 4.98 Å². The van der Waals surface area contributed by atoms with Crippen LogP contribution in [0.15, 0.2) is 41.6 Å². The molecule has 0 aliphatic carbocycles. The van der Waals surface area contributed by atoms with Crippen molar-refractivity contribution >= 4 is 38.2 Å². The minimum atomic E-state index is -4.31. The average molecular weight is 448 g/mol. The Labute approximate surface area is 168 Å². The molecule has 3 rings (SSSR count). The Morgan fingerprint density at radius 2 is 2.00 bits per heavy atom. The fourth-order valence-corrected chi connectivity index (χ4v) is 3.81. The first-order valence-electron chi connectivity index (χ1n) is 7.93. The number of hydrogen-bond acceptors (Lipinski definition) is 6. The number of nitrogens with zero attached hydrogens (tertiary/aromatic N) is 2. The third-order valence-corrected chi connectivity index (χ3v) is 5.27. The Kier molecular flexibility index (Phi) is 5.99. The summed E-state index contributed by atoms with van der Waals surface area (Å²) in [6.07, 6.45) is -0.279. The average Bonchev–Trinajstić information content (AvgIpc) is 2.67. The van der Waals surface area contributed by atoms with Gasteiger partial charge in [0.05, 0.1) is 7.11 Å². The first-order chi connectivity index (χ1) is 13.7. The van der Waals surface area contributed by atoms with E-state index in [9.17, 15) is 21.6 Å². The SMILES string of the molecule is COc1nc(NS(=O)(=O)c2cncc3cc(Cl)ccc23)c(F)cc1OCC(F)F. The van der Waals surface area contributed by atoms with Crippen LogP contribution >= 0.6 is 11.6 Å². The smallest absolute Gasteiger partial charge is 0.272 e. The molecule has 7 nitrogen and oxygen atoms in total. The predicted molar refractivity (Wildman–Crippen MR) is 99.8 cm³/mol. The summed E-state index contributed by atoms with van der Waals surface area (Å²) in [7, 11) is -3.17. The lowest BCUT2D eigenvalue weighted by atomic mass is 10.2. The van der Waals surface area contributed by atoms with Crippen molar-refractivity contribution in [3.05, 3.63) is 47.5 Å². The molecule has 154 valence electrons. The van der Waals surface area contributed by atoms with Gasteiger partial charge in [-0.15, -0.1) is 0 Å². The van der Waals surface area contributed by atoms with Crippen molar-refractivity contribution in [2.75, 3.05) is 18.4 Å². The Balaban J connectivity index is 1.99. The van der Waals surface area contributed by atoms with Gasteiger partial charge in [-0.3, -0.25) is 9.71 Å². The van der Waals surface area contributed by atoms with E-state index in [1.54, 1.807) is 0 Å². The number of aromatic nitrogens is 2. The fraction of sp³-hybridized carbons (Fsp3) is 0.176. The second kappa shape index (κ2) is 8.29. The number of benzene rings is 1. The number of pyridine rings is 2. The van der Waals surface area contributed by atoms with Crippen LogP contribution in [0.5, 0.6) is 11.6 Å². The van der Waals surface area contributed by atoms with Crippen LogP contribution < -0.4 is 14.2 Å². The molecule has 12 heteroatoms. The molecule has 29 heavy (non-hydrogen) atoms. The quantitative estimate of drug-likeness (QED) is 0.591. The fourth-order valence-electron chi connectivity index (χ4n) is 2.45. The molecule has 0 atom stereocenters. The normalized spacial score (nSPS) is 11.7. The van der Waals surface area contributed by atoms with E-state index >= 15 is 0 Å². The third-order valence-electron chi connectivity index (χ3n) is 3.67. The summed E-state index contributed by atoms with van der Waals surface area (Å²) in [6.45, 7) is -1.01. The van der Waals surface area contributed by atoms with Gasteiger partial charge in [-0.05, 0) is 12.1 Å². The van der Waals surface area contributed by atoms with Crippen molar-refractivity contribution in [2.45, 2.75) is 11.3 Å². The Hall–Kier alpha value is -2.79. The number of nitrogens with one attached hydrogen (secondary N) is 1. The molecular formula is C17H13ClF3N3O4S. The van der Waals surface area contributed by atoms with E-state index < -0.39 is 40.4 Å². The summed E-state index contributed by atoms with van der Waals surface area (Å²) >= 11 is 5.90. The lowest BCUT2D eigenvalue weighted by molar-refractivity contribution is 0.0799. The van der Waals surface area contributed by atoms with E-state index in [1.807, 2.05) is 4.72 Å². The van der Waals surface area contributed by atoms with Crippen molar-refractivity contribution in [1.29, 1.82) is 0 Å².